The zero-order chi connectivity index (χ0) is 13.5. The fourth-order valence-corrected chi connectivity index (χ4v) is 2.37. The van der Waals surface area contributed by atoms with Crippen molar-refractivity contribution < 1.29 is 9.59 Å². The van der Waals surface area contributed by atoms with Crippen LogP contribution in [0.4, 0.5) is 0 Å². The minimum absolute atomic E-state index is 0.0935. The summed E-state index contributed by atoms with van der Waals surface area (Å²) in [4.78, 5) is 27.0. The summed E-state index contributed by atoms with van der Waals surface area (Å²) in [6, 6.07) is 0.340. The largest absolute Gasteiger partial charge is 0.349 e. The van der Waals surface area contributed by atoms with Crippen LogP contribution in [0, 0.1) is 0 Å². The van der Waals surface area contributed by atoms with Gasteiger partial charge in [0.1, 0.15) is 0 Å². The molecule has 1 unspecified atom stereocenters. The lowest BCUT2D eigenvalue weighted by atomic mass is 10.2. The summed E-state index contributed by atoms with van der Waals surface area (Å²) in [6.07, 6.45) is 3.78. The minimum atomic E-state index is 0.0935. The zero-order valence-electron chi connectivity index (χ0n) is 11.7. The number of rotatable bonds is 6. The van der Waals surface area contributed by atoms with E-state index in [1.54, 1.807) is 19.0 Å². The third-order valence-electron chi connectivity index (χ3n) is 3.42. The molecule has 1 fully saturated rings. The number of nitrogens with one attached hydrogen (secondary N) is 1. The van der Waals surface area contributed by atoms with Crippen molar-refractivity contribution in [1.29, 1.82) is 0 Å². The summed E-state index contributed by atoms with van der Waals surface area (Å²) >= 11 is 0. The van der Waals surface area contributed by atoms with Gasteiger partial charge in [0.05, 0.1) is 0 Å². The van der Waals surface area contributed by atoms with Crippen LogP contribution in [0.1, 0.15) is 32.1 Å². The molecule has 0 spiro atoms. The third kappa shape index (κ3) is 4.29. The average Bonchev–Trinajstić information content (AvgIpc) is 2.77. The van der Waals surface area contributed by atoms with E-state index in [4.69, 9.17) is 0 Å². The van der Waals surface area contributed by atoms with Crippen LogP contribution in [0.25, 0.3) is 0 Å². The molecule has 0 aromatic rings. The molecule has 2 amide bonds. The van der Waals surface area contributed by atoms with Gasteiger partial charge in [0.2, 0.25) is 11.8 Å². The van der Waals surface area contributed by atoms with Crippen molar-refractivity contribution in [3.63, 3.8) is 0 Å². The molecule has 5 heteroatoms. The van der Waals surface area contributed by atoms with Crippen LogP contribution >= 0.6 is 0 Å². The number of nitrogens with zero attached hydrogens (tertiary/aromatic N) is 2. The van der Waals surface area contributed by atoms with E-state index in [2.05, 4.69) is 5.32 Å². The first-order valence-corrected chi connectivity index (χ1v) is 6.70. The first-order valence-electron chi connectivity index (χ1n) is 6.70. The molecule has 0 bridgehead atoms. The Morgan fingerprint density at radius 3 is 2.67 bits per heavy atom. The molecule has 1 rings (SSSR count). The number of likely N-dealkylation sites (N-methyl/N-ethyl adjacent to an activating group) is 1. The van der Waals surface area contributed by atoms with Crippen LogP contribution in [0.5, 0.6) is 0 Å². The molecule has 1 aliphatic heterocycles. The highest BCUT2D eigenvalue weighted by Crippen LogP contribution is 2.18. The van der Waals surface area contributed by atoms with Crippen molar-refractivity contribution in [2.24, 2.45) is 0 Å². The van der Waals surface area contributed by atoms with Gasteiger partial charge in [-0.05, 0) is 26.3 Å². The third-order valence-corrected chi connectivity index (χ3v) is 3.42. The molecular formula is C13H25N3O2. The molecule has 18 heavy (non-hydrogen) atoms. The van der Waals surface area contributed by atoms with E-state index in [1.807, 2.05) is 11.9 Å². The number of hydrogen-bond acceptors (Lipinski definition) is 3. The van der Waals surface area contributed by atoms with Crippen LogP contribution in [0.15, 0.2) is 0 Å². The standard InChI is InChI=1S/C13H25N3O2/c1-14-10-11-6-5-9-16(11)13(18)8-4-7-12(17)15(2)3/h11,14H,4-10H2,1-3H3. The van der Waals surface area contributed by atoms with E-state index in [9.17, 15) is 9.59 Å². The summed E-state index contributed by atoms with van der Waals surface area (Å²) in [5, 5.41) is 3.13. The average molecular weight is 255 g/mol. The lowest BCUT2D eigenvalue weighted by Gasteiger charge is -2.24. The zero-order valence-corrected chi connectivity index (χ0v) is 11.7. The molecule has 0 aliphatic carbocycles. The second kappa shape index (κ2) is 7.36. The summed E-state index contributed by atoms with van der Waals surface area (Å²) < 4.78 is 0. The van der Waals surface area contributed by atoms with Gasteiger partial charge in [-0.3, -0.25) is 9.59 Å². The van der Waals surface area contributed by atoms with Gasteiger partial charge in [0.25, 0.3) is 0 Å². The van der Waals surface area contributed by atoms with Crippen molar-refractivity contribution >= 4 is 11.8 Å². The van der Waals surface area contributed by atoms with Gasteiger partial charge < -0.3 is 15.1 Å². The van der Waals surface area contributed by atoms with Gasteiger partial charge in [-0.2, -0.15) is 0 Å². The van der Waals surface area contributed by atoms with E-state index in [0.29, 0.717) is 25.3 Å². The monoisotopic (exact) mass is 255 g/mol. The lowest BCUT2D eigenvalue weighted by molar-refractivity contribution is -0.132. The molecule has 1 aliphatic rings. The first-order chi connectivity index (χ1) is 8.56. The molecule has 0 aromatic carbocycles. The van der Waals surface area contributed by atoms with E-state index >= 15 is 0 Å². The van der Waals surface area contributed by atoms with Crippen molar-refractivity contribution in [3.05, 3.63) is 0 Å². The van der Waals surface area contributed by atoms with Gasteiger partial charge >= 0.3 is 0 Å². The topological polar surface area (TPSA) is 52.7 Å². The summed E-state index contributed by atoms with van der Waals surface area (Å²) in [7, 11) is 5.40. The van der Waals surface area contributed by atoms with Gasteiger partial charge in [0.15, 0.2) is 0 Å². The smallest absolute Gasteiger partial charge is 0.222 e. The van der Waals surface area contributed by atoms with Crippen molar-refractivity contribution in [3.8, 4) is 0 Å². The SMILES string of the molecule is CNCC1CCCN1C(=O)CCCC(=O)N(C)C. The lowest BCUT2D eigenvalue weighted by Crippen LogP contribution is -2.40. The van der Waals surface area contributed by atoms with Crippen molar-refractivity contribution in [2.75, 3.05) is 34.2 Å². The van der Waals surface area contributed by atoms with Crippen LogP contribution in [-0.4, -0.2) is 61.9 Å². The second-order valence-electron chi connectivity index (χ2n) is 5.08. The van der Waals surface area contributed by atoms with E-state index in [1.165, 1.54) is 0 Å². The molecule has 1 saturated heterocycles. The predicted molar refractivity (Wildman–Crippen MR) is 71.2 cm³/mol. The summed E-state index contributed by atoms with van der Waals surface area (Å²) in [6.45, 7) is 1.73. The highest BCUT2D eigenvalue weighted by Gasteiger charge is 2.27. The fraction of sp³-hybridized carbons (Fsp3) is 0.846. The normalized spacial score (nSPS) is 19.1. The van der Waals surface area contributed by atoms with Crippen LogP contribution in [0.3, 0.4) is 0 Å². The Balaban J connectivity index is 2.30. The molecular weight excluding hydrogens is 230 g/mol. The predicted octanol–water partition coefficient (Wildman–Crippen LogP) is 0.455. The van der Waals surface area contributed by atoms with Gasteiger partial charge in [-0.1, -0.05) is 0 Å². The van der Waals surface area contributed by atoms with E-state index in [-0.39, 0.29) is 11.8 Å². The Morgan fingerprint density at radius 2 is 2.06 bits per heavy atom. The number of hydrogen-bond donors (Lipinski definition) is 1. The first kappa shape index (κ1) is 15.0. The van der Waals surface area contributed by atoms with Gasteiger partial charge in [-0.25, -0.2) is 0 Å². The van der Waals surface area contributed by atoms with Crippen LogP contribution < -0.4 is 5.32 Å². The molecule has 0 aromatic heterocycles. The highest BCUT2D eigenvalue weighted by atomic mass is 16.2. The van der Waals surface area contributed by atoms with Crippen molar-refractivity contribution in [2.45, 2.75) is 38.1 Å². The summed E-state index contributed by atoms with van der Waals surface area (Å²) in [5.41, 5.74) is 0. The Hall–Kier alpha value is -1.10. The minimum Gasteiger partial charge on any atom is -0.349 e. The number of carbonyl (C=O) groups excluding carboxylic acids is 2. The van der Waals surface area contributed by atoms with Crippen LogP contribution in [0.2, 0.25) is 0 Å². The molecule has 1 atom stereocenters. The van der Waals surface area contributed by atoms with Crippen LogP contribution in [-0.2, 0) is 9.59 Å². The molecule has 0 radical (unpaired) electrons. The van der Waals surface area contributed by atoms with Crippen molar-refractivity contribution in [1.82, 2.24) is 15.1 Å². The Labute approximate surface area is 110 Å². The number of carbonyl (C=O) groups is 2. The molecule has 1 heterocycles. The van der Waals surface area contributed by atoms with Gasteiger partial charge in [0, 0.05) is 46.1 Å². The highest BCUT2D eigenvalue weighted by molar-refractivity contribution is 5.79. The second-order valence-corrected chi connectivity index (χ2v) is 5.08. The van der Waals surface area contributed by atoms with E-state index in [0.717, 1.165) is 25.9 Å². The Morgan fingerprint density at radius 1 is 1.33 bits per heavy atom. The quantitative estimate of drug-likeness (QED) is 0.750. The number of amides is 2. The Kier molecular flexibility index (Phi) is 6.12. The molecule has 1 N–H and O–H groups in total. The molecule has 0 saturated carbocycles. The number of likely N-dealkylation sites (tertiary alicyclic amines) is 1. The van der Waals surface area contributed by atoms with Gasteiger partial charge in [-0.15, -0.1) is 0 Å². The maximum Gasteiger partial charge on any atom is 0.222 e. The summed E-state index contributed by atoms with van der Waals surface area (Å²) in [5.74, 6) is 0.287. The molecule has 104 valence electrons. The Bertz CT molecular complexity index is 292. The van der Waals surface area contributed by atoms with E-state index < -0.39 is 0 Å². The molecule has 5 nitrogen and oxygen atoms in total. The maximum absolute atomic E-state index is 12.1. The fourth-order valence-electron chi connectivity index (χ4n) is 2.37. The maximum atomic E-state index is 12.1.